The third kappa shape index (κ3) is 3.40. The van der Waals surface area contributed by atoms with Gasteiger partial charge in [0.2, 0.25) is 5.90 Å². The molecule has 6 heteroatoms. The van der Waals surface area contributed by atoms with Crippen LogP contribution in [0.1, 0.15) is 18.1 Å². The van der Waals surface area contributed by atoms with Gasteiger partial charge in [0, 0.05) is 12.1 Å². The maximum absolute atomic E-state index is 5.81. The average Bonchev–Trinajstić information content (AvgIpc) is 3.39. The molecule has 0 bridgehead atoms. The van der Waals surface area contributed by atoms with Crippen molar-refractivity contribution in [3.63, 3.8) is 0 Å². The number of aromatic nitrogens is 1. The molecule has 0 N–H and O–H groups in total. The van der Waals surface area contributed by atoms with E-state index in [-0.39, 0.29) is 6.10 Å². The molecular weight excluding hydrogens is 356 g/mol. The highest BCUT2D eigenvalue weighted by atomic mass is 16.7. The Morgan fingerprint density at radius 2 is 1.68 bits per heavy atom. The van der Waals surface area contributed by atoms with Gasteiger partial charge in [0.15, 0.2) is 17.4 Å². The van der Waals surface area contributed by atoms with Crippen molar-refractivity contribution >= 4 is 17.0 Å². The summed E-state index contributed by atoms with van der Waals surface area (Å²) in [7, 11) is 0. The van der Waals surface area contributed by atoms with E-state index < -0.39 is 0 Å². The van der Waals surface area contributed by atoms with E-state index in [0.29, 0.717) is 23.7 Å². The summed E-state index contributed by atoms with van der Waals surface area (Å²) >= 11 is 0. The van der Waals surface area contributed by atoms with Crippen molar-refractivity contribution < 1.29 is 18.7 Å². The van der Waals surface area contributed by atoms with Crippen molar-refractivity contribution in [1.29, 1.82) is 0 Å². The van der Waals surface area contributed by atoms with E-state index >= 15 is 0 Å². The Kier molecular flexibility index (Phi) is 4.14. The van der Waals surface area contributed by atoms with Gasteiger partial charge in [-0.2, -0.15) is 0 Å². The number of hydrogen-bond donors (Lipinski definition) is 0. The van der Waals surface area contributed by atoms with Gasteiger partial charge in [-0.1, -0.05) is 35.5 Å². The van der Waals surface area contributed by atoms with E-state index in [9.17, 15) is 0 Å². The Morgan fingerprint density at radius 3 is 2.54 bits per heavy atom. The number of hydrogen-bond acceptors (Lipinski definition) is 6. The van der Waals surface area contributed by atoms with E-state index in [1.165, 1.54) is 0 Å². The third-order valence-electron chi connectivity index (χ3n) is 4.39. The van der Waals surface area contributed by atoms with Crippen molar-refractivity contribution in [1.82, 2.24) is 4.98 Å². The van der Waals surface area contributed by atoms with Gasteiger partial charge in [0.05, 0.1) is 18.9 Å². The van der Waals surface area contributed by atoms with Crippen LogP contribution in [-0.2, 0) is 4.84 Å². The number of rotatable bonds is 4. The summed E-state index contributed by atoms with van der Waals surface area (Å²) in [6.45, 7) is 0. The average molecular weight is 372 g/mol. The Morgan fingerprint density at radius 1 is 0.857 bits per heavy atom. The van der Waals surface area contributed by atoms with E-state index in [0.717, 1.165) is 22.6 Å². The van der Waals surface area contributed by atoms with Crippen LogP contribution < -0.4 is 9.47 Å². The molecule has 1 atom stereocenters. The summed E-state index contributed by atoms with van der Waals surface area (Å²) in [6.07, 6.45) is 3.58. The summed E-state index contributed by atoms with van der Waals surface area (Å²) in [6, 6.07) is 21.0. The van der Waals surface area contributed by atoms with Crippen molar-refractivity contribution in [2.75, 3.05) is 0 Å². The predicted octanol–water partition coefficient (Wildman–Crippen LogP) is 5.47. The van der Waals surface area contributed by atoms with Gasteiger partial charge in [0.25, 0.3) is 0 Å². The Bertz CT molecular complexity index is 1120. The largest absolute Gasteiger partial charge is 0.463 e. The van der Waals surface area contributed by atoms with Crippen LogP contribution in [-0.4, -0.2) is 10.9 Å². The van der Waals surface area contributed by atoms with Gasteiger partial charge >= 0.3 is 0 Å². The molecule has 3 heterocycles. The zero-order valence-electron chi connectivity index (χ0n) is 14.8. The van der Waals surface area contributed by atoms with Crippen LogP contribution in [0.25, 0.3) is 11.1 Å². The second-order valence-corrected chi connectivity index (χ2v) is 6.34. The first kappa shape index (κ1) is 16.4. The molecule has 0 amide bonds. The lowest BCUT2D eigenvalue weighted by atomic mass is 10.1. The molecule has 0 unspecified atom stereocenters. The van der Waals surface area contributed by atoms with Crippen LogP contribution in [0.4, 0.5) is 0 Å². The molecule has 4 aromatic rings. The lowest BCUT2D eigenvalue weighted by Gasteiger charge is -2.10. The number of fused-ring (bicyclic) bond motifs is 1. The van der Waals surface area contributed by atoms with Gasteiger partial charge < -0.3 is 18.7 Å². The number of benzene rings is 2. The summed E-state index contributed by atoms with van der Waals surface area (Å²) in [5.41, 5.74) is 2.46. The molecule has 0 fully saturated rings. The number of para-hydroxylation sites is 1. The molecule has 28 heavy (non-hydrogen) atoms. The smallest absolute Gasteiger partial charge is 0.235 e. The van der Waals surface area contributed by atoms with Crippen LogP contribution >= 0.6 is 0 Å². The minimum absolute atomic E-state index is 0.193. The van der Waals surface area contributed by atoms with E-state index in [2.05, 4.69) is 10.1 Å². The van der Waals surface area contributed by atoms with Crippen LogP contribution in [0.5, 0.6) is 17.2 Å². The molecule has 0 radical (unpaired) electrons. The molecule has 6 nitrogen and oxygen atoms in total. The highest BCUT2D eigenvalue weighted by Gasteiger charge is 2.25. The predicted molar refractivity (Wildman–Crippen MR) is 103 cm³/mol. The number of ether oxygens (including phenoxy) is 2. The molecule has 1 aliphatic rings. The van der Waals surface area contributed by atoms with Crippen molar-refractivity contribution in [2.24, 2.45) is 5.16 Å². The topological polar surface area (TPSA) is 66.1 Å². The number of pyridine rings is 1. The molecular formula is C22H16N2O4. The van der Waals surface area contributed by atoms with Crippen molar-refractivity contribution in [3.05, 3.63) is 84.8 Å². The molecule has 2 aromatic heterocycles. The van der Waals surface area contributed by atoms with Crippen molar-refractivity contribution in [2.45, 2.75) is 12.5 Å². The first-order chi connectivity index (χ1) is 13.8. The molecule has 0 aliphatic carbocycles. The standard InChI is InChI=1S/C22H16N2O4/c1-2-4-16(5-3-1)26-17-8-6-15(7-9-17)20-13-22(24-28-20)27-18-12-21-19(23-14-18)10-11-25-21/h1-12,14,20H,13H2/t20-/m1/s1. The van der Waals surface area contributed by atoms with E-state index in [4.69, 9.17) is 18.7 Å². The fraction of sp³-hybridized carbons (Fsp3) is 0.0909. The third-order valence-corrected chi connectivity index (χ3v) is 4.39. The van der Waals surface area contributed by atoms with Gasteiger partial charge in [0.1, 0.15) is 17.0 Å². The molecule has 138 valence electrons. The minimum atomic E-state index is -0.193. The van der Waals surface area contributed by atoms with E-state index in [1.54, 1.807) is 24.6 Å². The maximum atomic E-state index is 5.81. The Hall–Kier alpha value is -3.80. The maximum Gasteiger partial charge on any atom is 0.235 e. The summed E-state index contributed by atoms with van der Waals surface area (Å²) in [5.74, 6) is 2.64. The molecule has 0 saturated carbocycles. The molecule has 1 aliphatic heterocycles. The van der Waals surface area contributed by atoms with Crippen LogP contribution in [0.3, 0.4) is 0 Å². The SMILES string of the molecule is c1ccc(Oc2ccc([C@H]3CC(Oc4cnc5ccoc5c4)=NO3)cc2)cc1. The fourth-order valence-corrected chi connectivity index (χ4v) is 2.99. The van der Waals surface area contributed by atoms with Gasteiger partial charge in [-0.15, -0.1) is 0 Å². The van der Waals surface area contributed by atoms with Crippen LogP contribution in [0.2, 0.25) is 0 Å². The molecule has 2 aromatic carbocycles. The first-order valence-corrected chi connectivity index (χ1v) is 8.90. The number of furan rings is 1. The molecule has 0 spiro atoms. The fourth-order valence-electron chi connectivity index (χ4n) is 2.99. The summed E-state index contributed by atoms with van der Waals surface area (Å²) < 4.78 is 16.9. The van der Waals surface area contributed by atoms with Gasteiger partial charge in [-0.05, 0) is 29.8 Å². The lowest BCUT2D eigenvalue weighted by Crippen LogP contribution is -2.07. The summed E-state index contributed by atoms with van der Waals surface area (Å²) in [5, 5.41) is 4.05. The van der Waals surface area contributed by atoms with Gasteiger partial charge in [-0.25, -0.2) is 4.98 Å². The highest BCUT2D eigenvalue weighted by molar-refractivity contribution is 5.81. The minimum Gasteiger partial charge on any atom is -0.463 e. The second-order valence-electron chi connectivity index (χ2n) is 6.34. The highest BCUT2D eigenvalue weighted by Crippen LogP contribution is 2.31. The molecule has 0 saturated heterocycles. The number of nitrogens with zero attached hydrogens (tertiary/aromatic N) is 2. The van der Waals surface area contributed by atoms with Gasteiger partial charge in [-0.3, -0.25) is 0 Å². The quantitative estimate of drug-likeness (QED) is 0.475. The first-order valence-electron chi connectivity index (χ1n) is 8.90. The second kappa shape index (κ2) is 7.08. The summed E-state index contributed by atoms with van der Waals surface area (Å²) in [4.78, 5) is 9.81. The number of oxime groups is 1. The Labute approximate surface area is 161 Å². The lowest BCUT2D eigenvalue weighted by molar-refractivity contribution is 0.0855. The zero-order valence-corrected chi connectivity index (χ0v) is 14.8. The Balaban J connectivity index is 1.22. The van der Waals surface area contributed by atoms with Crippen LogP contribution in [0.15, 0.2) is 88.8 Å². The normalized spacial score (nSPS) is 15.9. The van der Waals surface area contributed by atoms with Crippen molar-refractivity contribution in [3.8, 4) is 17.2 Å². The van der Waals surface area contributed by atoms with E-state index in [1.807, 2.05) is 54.6 Å². The zero-order chi connectivity index (χ0) is 18.8. The monoisotopic (exact) mass is 372 g/mol. The van der Waals surface area contributed by atoms with Crippen LogP contribution in [0, 0.1) is 0 Å². The molecule has 5 rings (SSSR count).